The van der Waals surface area contributed by atoms with Gasteiger partial charge in [0.25, 0.3) is 0 Å². The molecule has 1 heterocycles. The molecule has 1 atom stereocenters. The number of carbonyl (C=O) groups is 2. The van der Waals surface area contributed by atoms with E-state index in [1.807, 2.05) is 4.90 Å². The van der Waals surface area contributed by atoms with Gasteiger partial charge in [0, 0.05) is 18.7 Å². The standard InChI is InChI=1S/C13H16N2O3/c1-9-13(18)14-6-7-15(9)8-12(17)10-2-4-11(16)5-3-10/h2-5,9,16H,6-8H2,1H3,(H,14,18). The molecule has 1 aliphatic rings. The van der Waals surface area contributed by atoms with Crippen LogP contribution in [-0.2, 0) is 4.79 Å². The first-order valence-electron chi connectivity index (χ1n) is 5.92. The molecule has 0 aliphatic carbocycles. The lowest BCUT2D eigenvalue weighted by molar-refractivity contribution is -0.127. The number of hydrogen-bond donors (Lipinski definition) is 2. The number of phenols is 1. The second-order valence-corrected chi connectivity index (χ2v) is 4.41. The number of carbonyl (C=O) groups excluding carboxylic acids is 2. The van der Waals surface area contributed by atoms with Crippen molar-refractivity contribution in [2.75, 3.05) is 19.6 Å². The predicted octanol–water partition coefficient (Wildman–Crippen LogP) is 0.395. The SMILES string of the molecule is CC1C(=O)NCCN1CC(=O)c1ccc(O)cc1. The minimum atomic E-state index is -0.278. The highest BCUT2D eigenvalue weighted by molar-refractivity contribution is 5.98. The van der Waals surface area contributed by atoms with Crippen LogP contribution >= 0.6 is 0 Å². The van der Waals surface area contributed by atoms with E-state index in [4.69, 9.17) is 5.11 Å². The molecular formula is C13H16N2O3. The zero-order valence-electron chi connectivity index (χ0n) is 10.2. The minimum Gasteiger partial charge on any atom is -0.508 e. The molecule has 5 heteroatoms. The Morgan fingerprint density at radius 3 is 2.78 bits per heavy atom. The van der Waals surface area contributed by atoms with Gasteiger partial charge in [-0.1, -0.05) is 0 Å². The molecule has 1 fully saturated rings. The fraction of sp³-hybridized carbons (Fsp3) is 0.385. The molecule has 0 saturated carbocycles. The van der Waals surface area contributed by atoms with Crippen LogP contribution in [0, 0.1) is 0 Å². The number of hydrogen-bond acceptors (Lipinski definition) is 4. The quantitative estimate of drug-likeness (QED) is 0.759. The van der Waals surface area contributed by atoms with E-state index in [2.05, 4.69) is 5.32 Å². The molecule has 0 bridgehead atoms. The number of piperazine rings is 1. The van der Waals surface area contributed by atoms with Gasteiger partial charge in [-0.25, -0.2) is 0 Å². The lowest BCUT2D eigenvalue weighted by Gasteiger charge is -2.32. The Kier molecular flexibility index (Phi) is 3.62. The summed E-state index contributed by atoms with van der Waals surface area (Å²) in [4.78, 5) is 25.3. The number of Topliss-reactive ketones (excluding diaryl/α,β-unsaturated/α-hetero) is 1. The summed E-state index contributed by atoms with van der Waals surface area (Å²) in [7, 11) is 0. The van der Waals surface area contributed by atoms with Gasteiger partial charge in [0.2, 0.25) is 5.91 Å². The average Bonchev–Trinajstić information content (AvgIpc) is 2.36. The van der Waals surface area contributed by atoms with Crippen LogP contribution in [0.4, 0.5) is 0 Å². The lowest BCUT2D eigenvalue weighted by Crippen LogP contribution is -2.55. The third-order valence-corrected chi connectivity index (χ3v) is 3.16. The fourth-order valence-electron chi connectivity index (χ4n) is 1.97. The van der Waals surface area contributed by atoms with Crippen molar-refractivity contribution in [1.82, 2.24) is 10.2 Å². The number of amides is 1. The second-order valence-electron chi connectivity index (χ2n) is 4.41. The first-order chi connectivity index (χ1) is 8.58. The summed E-state index contributed by atoms with van der Waals surface area (Å²) >= 11 is 0. The highest BCUT2D eigenvalue weighted by atomic mass is 16.3. The van der Waals surface area contributed by atoms with Crippen LogP contribution in [0.15, 0.2) is 24.3 Å². The van der Waals surface area contributed by atoms with Gasteiger partial charge >= 0.3 is 0 Å². The van der Waals surface area contributed by atoms with Gasteiger partial charge in [-0.3, -0.25) is 14.5 Å². The molecule has 96 valence electrons. The van der Waals surface area contributed by atoms with Crippen molar-refractivity contribution in [3.8, 4) is 5.75 Å². The topological polar surface area (TPSA) is 69.6 Å². The van der Waals surface area contributed by atoms with Crippen LogP contribution in [0.1, 0.15) is 17.3 Å². The number of nitrogens with zero attached hydrogens (tertiary/aromatic N) is 1. The molecule has 1 unspecified atom stereocenters. The number of phenolic OH excluding ortho intramolecular Hbond substituents is 1. The van der Waals surface area contributed by atoms with E-state index in [-0.39, 0.29) is 30.0 Å². The molecule has 1 saturated heterocycles. The maximum atomic E-state index is 12.0. The summed E-state index contributed by atoms with van der Waals surface area (Å²) < 4.78 is 0. The molecule has 0 radical (unpaired) electrons. The normalized spacial score (nSPS) is 20.5. The molecule has 1 aliphatic heterocycles. The van der Waals surface area contributed by atoms with Gasteiger partial charge in [0.05, 0.1) is 12.6 Å². The number of ketones is 1. The van der Waals surface area contributed by atoms with E-state index in [1.54, 1.807) is 19.1 Å². The van der Waals surface area contributed by atoms with Crippen molar-refractivity contribution < 1.29 is 14.7 Å². The first-order valence-corrected chi connectivity index (χ1v) is 5.92. The summed E-state index contributed by atoms with van der Waals surface area (Å²) in [6.07, 6.45) is 0. The molecule has 5 nitrogen and oxygen atoms in total. The van der Waals surface area contributed by atoms with E-state index in [9.17, 15) is 9.59 Å². The molecule has 0 aromatic heterocycles. The van der Waals surface area contributed by atoms with E-state index < -0.39 is 0 Å². The van der Waals surface area contributed by atoms with E-state index in [1.165, 1.54) is 12.1 Å². The van der Waals surface area contributed by atoms with Crippen molar-refractivity contribution >= 4 is 11.7 Å². The number of benzene rings is 1. The molecule has 18 heavy (non-hydrogen) atoms. The maximum absolute atomic E-state index is 12.0. The van der Waals surface area contributed by atoms with Crippen LogP contribution in [0.2, 0.25) is 0 Å². The van der Waals surface area contributed by atoms with Crippen LogP contribution in [0.5, 0.6) is 5.75 Å². The Bertz CT molecular complexity index is 456. The Morgan fingerprint density at radius 1 is 1.44 bits per heavy atom. The summed E-state index contributed by atoms with van der Waals surface area (Å²) in [5.41, 5.74) is 0.547. The van der Waals surface area contributed by atoms with Crippen molar-refractivity contribution in [1.29, 1.82) is 0 Å². The van der Waals surface area contributed by atoms with Crippen LogP contribution < -0.4 is 5.32 Å². The predicted molar refractivity (Wildman–Crippen MR) is 66.5 cm³/mol. The fourth-order valence-corrected chi connectivity index (χ4v) is 1.97. The van der Waals surface area contributed by atoms with Crippen LogP contribution in [0.25, 0.3) is 0 Å². The van der Waals surface area contributed by atoms with Crippen molar-refractivity contribution in [3.63, 3.8) is 0 Å². The van der Waals surface area contributed by atoms with Crippen molar-refractivity contribution in [2.24, 2.45) is 0 Å². The van der Waals surface area contributed by atoms with Crippen molar-refractivity contribution in [2.45, 2.75) is 13.0 Å². The highest BCUT2D eigenvalue weighted by Gasteiger charge is 2.26. The first kappa shape index (κ1) is 12.6. The van der Waals surface area contributed by atoms with Gasteiger partial charge in [0.1, 0.15) is 5.75 Å². The van der Waals surface area contributed by atoms with Gasteiger partial charge in [-0.05, 0) is 31.2 Å². The minimum absolute atomic E-state index is 0.0419. The Labute approximate surface area is 105 Å². The van der Waals surface area contributed by atoms with Gasteiger partial charge in [0.15, 0.2) is 5.78 Å². The molecular weight excluding hydrogens is 232 g/mol. The average molecular weight is 248 g/mol. The number of aromatic hydroxyl groups is 1. The Morgan fingerprint density at radius 2 is 2.11 bits per heavy atom. The Balaban J connectivity index is 2.02. The largest absolute Gasteiger partial charge is 0.508 e. The third kappa shape index (κ3) is 2.68. The second kappa shape index (κ2) is 5.18. The number of nitrogens with one attached hydrogen (secondary N) is 1. The molecule has 2 N–H and O–H groups in total. The van der Waals surface area contributed by atoms with Gasteiger partial charge in [-0.15, -0.1) is 0 Å². The Hall–Kier alpha value is -1.88. The molecule has 1 aromatic rings. The summed E-state index contributed by atoms with van der Waals surface area (Å²) in [6, 6.07) is 5.87. The lowest BCUT2D eigenvalue weighted by atomic mass is 10.1. The summed E-state index contributed by atoms with van der Waals surface area (Å²) in [5, 5.41) is 11.9. The third-order valence-electron chi connectivity index (χ3n) is 3.16. The highest BCUT2D eigenvalue weighted by Crippen LogP contribution is 2.12. The monoisotopic (exact) mass is 248 g/mol. The van der Waals surface area contributed by atoms with E-state index >= 15 is 0 Å². The zero-order chi connectivity index (χ0) is 13.1. The van der Waals surface area contributed by atoms with Crippen molar-refractivity contribution in [3.05, 3.63) is 29.8 Å². The summed E-state index contributed by atoms with van der Waals surface area (Å²) in [6.45, 7) is 3.26. The maximum Gasteiger partial charge on any atom is 0.237 e. The smallest absolute Gasteiger partial charge is 0.237 e. The molecule has 1 aromatic carbocycles. The number of rotatable bonds is 3. The van der Waals surface area contributed by atoms with Crippen LogP contribution in [-0.4, -0.2) is 47.4 Å². The molecule has 2 rings (SSSR count). The van der Waals surface area contributed by atoms with E-state index in [0.717, 1.165) is 0 Å². The van der Waals surface area contributed by atoms with Gasteiger partial charge < -0.3 is 10.4 Å². The van der Waals surface area contributed by atoms with Crippen LogP contribution in [0.3, 0.4) is 0 Å². The van der Waals surface area contributed by atoms with Gasteiger partial charge in [-0.2, -0.15) is 0 Å². The zero-order valence-corrected chi connectivity index (χ0v) is 10.2. The molecule has 0 spiro atoms. The summed E-state index contributed by atoms with van der Waals surface area (Å²) in [5.74, 6) is 0.0496. The van der Waals surface area contributed by atoms with E-state index in [0.29, 0.717) is 18.7 Å². The molecule has 1 amide bonds.